The van der Waals surface area contributed by atoms with Crippen LogP contribution < -0.4 is 4.90 Å². The Labute approximate surface area is 288 Å². The summed E-state index contributed by atoms with van der Waals surface area (Å²) >= 11 is 0. The quantitative estimate of drug-likeness (QED) is 0.192. The molecule has 238 valence electrons. The Hall–Kier alpha value is -5.08. The fourth-order valence-corrected chi connectivity index (χ4v) is 11.3. The molecule has 12 rings (SSSR count). The minimum Gasteiger partial charge on any atom is -0.456 e. The maximum atomic E-state index is 6.52. The maximum absolute atomic E-state index is 6.52. The first-order valence-corrected chi connectivity index (χ1v) is 18.4. The molecule has 7 aromatic rings. The molecule has 5 unspecified atom stereocenters. The van der Waals surface area contributed by atoms with E-state index in [9.17, 15) is 0 Å². The molecule has 1 spiro atoms. The minimum absolute atomic E-state index is 0.0981. The van der Waals surface area contributed by atoms with Crippen LogP contribution in [0.25, 0.3) is 44.2 Å². The fourth-order valence-electron chi connectivity index (χ4n) is 11.3. The number of nitrogens with zero attached hydrogens (tertiary/aromatic N) is 1. The SMILES string of the molecule is c1ccc(-c2ccccc2N(c2ccc3c(c2)oc2ccccc23)c2cccc3c2-c2ccccc2C32C3CCC4CC(C3)CC2C4)cc1. The van der Waals surface area contributed by atoms with Gasteiger partial charge >= 0.3 is 0 Å². The van der Waals surface area contributed by atoms with Crippen molar-refractivity contribution in [2.45, 2.75) is 43.9 Å². The number of fused-ring (bicyclic) bond motifs is 7. The number of hydrogen-bond donors (Lipinski definition) is 0. The lowest BCUT2D eigenvalue weighted by Crippen LogP contribution is -2.48. The monoisotopic (exact) mass is 633 g/mol. The van der Waals surface area contributed by atoms with Gasteiger partial charge in [0.25, 0.3) is 0 Å². The number of para-hydroxylation sites is 2. The van der Waals surface area contributed by atoms with Crippen molar-refractivity contribution in [2.24, 2.45) is 23.7 Å². The van der Waals surface area contributed by atoms with E-state index in [4.69, 9.17) is 4.42 Å². The molecule has 5 aliphatic carbocycles. The van der Waals surface area contributed by atoms with E-state index in [2.05, 4.69) is 144 Å². The van der Waals surface area contributed by atoms with Gasteiger partial charge in [0, 0.05) is 39.1 Å². The van der Waals surface area contributed by atoms with Crippen LogP contribution in [0.5, 0.6) is 0 Å². The smallest absolute Gasteiger partial charge is 0.137 e. The van der Waals surface area contributed by atoms with Crippen LogP contribution in [0.3, 0.4) is 0 Å². The van der Waals surface area contributed by atoms with Crippen LogP contribution in [0.4, 0.5) is 17.1 Å². The van der Waals surface area contributed by atoms with Crippen molar-refractivity contribution in [2.75, 3.05) is 4.90 Å². The van der Waals surface area contributed by atoms with Gasteiger partial charge in [-0.05, 0) is 108 Å². The normalized spacial score (nSPS) is 24.7. The van der Waals surface area contributed by atoms with E-state index in [-0.39, 0.29) is 5.41 Å². The molecule has 1 aromatic heterocycles. The number of rotatable bonds is 4. The van der Waals surface area contributed by atoms with E-state index in [0.717, 1.165) is 39.5 Å². The van der Waals surface area contributed by atoms with Gasteiger partial charge < -0.3 is 9.32 Å². The summed E-state index contributed by atoms with van der Waals surface area (Å²) in [6.07, 6.45) is 8.38. The minimum atomic E-state index is 0.0981. The zero-order chi connectivity index (χ0) is 32.1. The lowest BCUT2D eigenvalue weighted by atomic mass is 9.51. The average molecular weight is 634 g/mol. The molecule has 49 heavy (non-hydrogen) atoms. The third-order valence-electron chi connectivity index (χ3n) is 13.0. The molecule has 0 saturated heterocycles. The highest BCUT2D eigenvalue weighted by Gasteiger charge is 2.60. The van der Waals surface area contributed by atoms with Crippen LogP contribution in [0, 0.1) is 23.7 Å². The van der Waals surface area contributed by atoms with E-state index >= 15 is 0 Å². The second kappa shape index (κ2) is 10.5. The first kappa shape index (κ1) is 27.8. The highest BCUT2D eigenvalue weighted by molar-refractivity contribution is 6.07. The third kappa shape index (κ3) is 3.89. The van der Waals surface area contributed by atoms with Crippen molar-refractivity contribution < 1.29 is 4.42 Å². The molecular formula is C47H39NO. The summed E-state index contributed by atoms with van der Waals surface area (Å²) < 4.78 is 6.52. The first-order chi connectivity index (χ1) is 24.3. The predicted molar refractivity (Wildman–Crippen MR) is 202 cm³/mol. The average Bonchev–Trinajstić information content (AvgIpc) is 3.59. The van der Waals surface area contributed by atoms with Crippen LogP contribution >= 0.6 is 0 Å². The van der Waals surface area contributed by atoms with Gasteiger partial charge in [-0.25, -0.2) is 0 Å². The molecule has 0 aliphatic heterocycles. The van der Waals surface area contributed by atoms with Gasteiger partial charge in [0.15, 0.2) is 0 Å². The fraction of sp³-hybridized carbons (Fsp3) is 0.234. The Morgan fingerprint density at radius 1 is 0.510 bits per heavy atom. The van der Waals surface area contributed by atoms with E-state index in [1.165, 1.54) is 72.2 Å². The van der Waals surface area contributed by atoms with Gasteiger partial charge in [0.1, 0.15) is 11.2 Å². The van der Waals surface area contributed by atoms with Crippen molar-refractivity contribution in [3.63, 3.8) is 0 Å². The Morgan fingerprint density at radius 3 is 2.16 bits per heavy atom. The zero-order valence-electron chi connectivity index (χ0n) is 27.7. The molecule has 2 heteroatoms. The molecule has 4 fully saturated rings. The van der Waals surface area contributed by atoms with E-state index < -0.39 is 0 Å². The van der Waals surface area contributed by atoms with Gasteiger partial charge in [-0.1, -0.05) is 110 Å². The first-order valence-electron chi connectivity index (χ1n) is 18.4. The van der Waals surface area contributed by atoms with Gasteiger partial charge in [-0.3, -0.25) is 0 Å². The van der Waals surface area contributed by atoms with Gasteiger partial charge in [-0.2, -0.15) is 0 Å². The highest BCUT2D eigenvalue weighted by atomic mass is 16.3. The molecule has 0 N–H and O–H groups in total. The number of benzene rings is 6. The molecule has 0 amide bonds. The summed E-state index contributed by atoms with van der Waals surface area (Å²) in [7, 11) is 0. The Kier molecular flexibility index (Phi) is 5.94. The lowest BCUT2D eigenvalue weighted by molar-refractivity contribution is 0.0618. The van der Waals surface area contributed by atoms with E-state index in [1.54, 1.807) is 11.1 Å². The summed E-state index contributed by atoms with van der Waals surface area (Å²) in [5, 5.41) is 2.32. The zero-order valence-corrected chi connectivity index (χ0v) is 27.7. The van der Waals surface area contributed by atoms with Crippen LogP contribution in [0.15, 0.2) is 144 Å². The summed E-state index contributed by atoms with van der Waals surface area (Å²) in [5.41, 5.74) is 14.0. The maximum Gasteiger partial charge on any atom is 0.137 e. The van der Waals surface area contributed by atoms with Crippen molar-refractivity contribution >= 4 is 39.0 Å². The molecule has 1 heterocycles. The van der Waals surface area contributed by atoms with Crippen molar-refractivity contribution in [1.29, 1.82) is 0 Å². The summed E-state index contributed by atoms with van der Waals surface area (Å²) in [4.78, 5) is 2.54. The topological polar surface area (TPSA) is 16.4 Å². The van der Waals surface area contributed by atoms with Gasteiger partial charge in [0.05, 0.1) is 11.4 Å². The summed E-state index contributed by atoms with van der Waals surface area (Å²) in [6.45, 7) is 0. The highest BCUT2D eigenvalue weighted by Crippen LogP contribution is 2.69. The second-order valence-electron chi connectivity index (χ2n) is 15.3. The van der Waals surface area contributed by atoms with Crippen LogP contribution in [-0.4, -0.2) is 0 Å². The molecule has 2 nitrogen and oxygen atoms in total. The molecular weight excluding hydrogens is 595 g/mol. The lowest BCUT2D eigenvalue weighted by Gasteiger charge is -2.53. The van der Waals surface area contributed by atoms with Crippen LogP contribution in [-0.2, 0) is 5.41 Å². The Morgan fingerprint density at radius 2 is 1.22 bits per heavy atom. The Bertz CT molecular complexity index is 2390. The number of anilines is 3. The molecule has 4 saturated carbocycles. The largest absolute Gasteiger partial charge is 0.456 e. The van der Waals surface area contributed by atoms with E-state index in [1.807, 2.05) is 0 Å². The van der Waals surface area contributed by atoms with Crippen molar-refractivity contribution in [3.8, 4) is 22.3 Å². The van der Waals surface area contributed by atoms with Crippen molar-refractivity contribution in [3.05, 3.63) is 151 Å². The summed E-state index contributed by atoms with van der Waals surface area (Å²) in [5.74, 6) is 3.23. The Balaban J connectivity index is 1.20. The number of hydrogen-bond acceptors (Lipinski definition) is 2. The van der Waals surface area contributed by atoms with Gasteiger partial charge in [0.2, 0.25) is 0 Å². The van der Waals surface area contributed by atoms with Crippen LogP contribution in [0.2, 0.25) is 0 Å². The predicted octanol–water partition coefficient (Wildman–Crippen LogP) is 12.8. The third-order valence-corrected chi connectivity index (χ3v) is 13.0. The van der Waals surface area contributed by atoms with E-state index in [0.29, 0.717) is 11.8 Å². The standard InChI is InChI=1S/C47H39NO/c1-2-11-32(12-3-1)36-13-5-8-18-42(36)48(35-23-24-38-37-14-6-9-20-44(37)49-45(38)29-35)43-19-10-17-41-46(43)39-15-4-7-16-40(39)47(41)33-22-21-30-25-31(27-33)28-34(47)26-30/h1-20,23-24,29-31,33-34H,21-22,25-28H2. The molecule has 6 aromatic carbocycles. The molecule has 0 radical (unpaired) electrons. The molecule has 5 atom stereocenters. The second-order valence-corrected chi connectivity index (χ2v) is 15.3. The van der Waals surface area contributed by atoms with Crippen LogP contribution in [0.1, 0.15) is 49.7 Å². The van der Waals surface area contributed by atoms with Crippen molar-refractivity contribution in [1.82, 2.24) is 0 Å². The van der Waals surface area contributed by atoms with Gasteiger partial charge in [-0.15, -0.1) is 0 Å². The molecule has 4 bridgehead atoms. The summed E-state index contributed by atoms with van der Waals surface area (Å²) in [6, 6.07) is 51.8. The molecule has 5 aliphatic rings. The number of furan rings is 1.